The Hall–Kier alpha value is -4.29. The van der Waals surface area contributed by atoms with E-state index in [0.717, 1.165) is 6.42 Å². The summed E-state index contributed by atoms with van der Waals surface area (Å²) in [6.07, 6.45) is 9.04. The van der Waals surface area contributed by atoms with Gasteiger partial charge in [0.25, 0.3) is 11.1 Å². The van der Waals surface area contributed by atoms with E-state index in [-0.39, 0.29) is 23.2 Å². The van der Waals surface area contributed by atoms with Crippen molar-refractivity contribution in [3.63, 3.8) is 0 Å². The van der Waals surface area contributed by atoms with Crippen molar-refractivity contribution in [2.24, 2.45) is 0 Å². The summed E-state index contributed by atoms with van der Waals surface area (Å²) in [5.74, 6) is 0. The van der Waals surface area contributed by atoms with Gasteiger partial charge in [0.05, 0.1) is 53.1 Å². The van der Waals surface area contributed by atoms with E-state index in [0.29, 0.717) is 41.3 Å². The van der Waals surface area contributed by atoms with E-state index >= 15 is 0 Å². The maximum Gasteiger partial charge on any atom is 0.261 e. The molecule has 174 valence electrons. The first-order valence-electron chi connectivity index (χ1n) is 11.0. The smallest absolute Gasteiger partial charge is 0.261 e. The van der Waals surface area contributed by atoms with Crippen LogP contribution in [0, 0.1) is 0 Å². The Morgan fingerprint density at radius 2 is 1.32 bits per heavy atom. The number of nitrogens with zero attached hydrogens (tertiary/aromatic N) is 11. The molecule has 2 unspecified atom stereocenters. The quantitative estimate of drug-likeness (QED) is 0.309. The molecule has 13 heteroatoms. The molecule has 34 heavy (non-hydrogen) atoms. The van der Waals surface area contributed by atoms with Crippen LogP contribution in [0.1, 0.15) is 38.8 Å². The van der Waals surface area contributed by atoms with Gasteiger partial charge in [-0.05, 0) is 30.2 Å². The van der Waals surface area contributed by atoms with Crippen molar-refractivity contribution in [3.8, 4) is 0 Å². The van der Waals surface area contributed by atoms with Gasteiger partial charge < -0.3 is 4.57 Å². The van der Waals surface area contributed by atoms with Crippen LogP contribution in [0.15, 0.2) is 53.4 Å². The lowest BCUT2D eigenvalue weighted by Crippen LogP contribution is -2.29. The van der Waals surface area contributed by atoms with Gasteiger partial charge in [0.2, 0.25) is 0 Å². The first-order chi connectivity index (χ1) is 16.6. The standard InChI is InChI=1S/C21H23N11O2/c1-3-14(7-29-12-25-26-13-29)30-10-22-18-6-17-19(5-16(18)20(30)33)23-11-31(21(17)34)15(4-2)8-32-27-9-24-28-32/h5-6,9-15H,3-4,7-8H2,1-2H3. The second-order valence-electron chi connectivity index (χ2n) is 8.07. The zero-order valence-corrected chi connectivity index (χ0v) is 18.8. The minimum atomic E-state index is -0.205. The lowest BCUT2D eigenvalue weighted by Gasteiger charge is -2.19. The monoisotopic (exact) mass is 461 g/mol. The normalized spacial score (nSPS) is 13.5. The van der Waals surface area contributed by atoms with Crippen LogP contribution in [0.3, 0.4) is 0 Å². The van der Waals surface area contributed by atoms with E-state index in [1.54, 1.807) is 33.9 Å². The summed E-state index contributed by atoms with van der Waals surface area (Å²) in [5.41, 5.74) is 0.520. The molecule has 13 nitrogen and oxygen atoms in total. The van der Waals surface area contributed by atoms with Crippen molar-refractivity contribution in [1.82, 2.24) is 54.1 Å². The molecule has 0 saturated carbocycles. The third kappa shape index (κ3) is 3.84. The van der Waals surface area contributed by atoms with E-state index in [1.807, 2.05) is 18.4 Å². The van der Waals surface area contributed by atoms with Gasteiger partial charge in [-0.1, -0.05) is 13.8 Å². The summed E-state index contributed by atoms with van der Waals surface area (Å²) in [6.45, 7) is 4.93. The SMILES string of the molecule is CCC(Cn1cnnc1)n1cnc2cc3c(=O)n(C(CC)Cn4ncnn4)cnc3cc2c1=O. The Morgan fingerprint density at radius 1 is 0.765 bits per heavy atom. The van der Waals surface area contributed by atoms with E-state index in [9.17, 15) is 9.59 Å². The van der Waals surface area contributed by atoms with Gasteiger partial charge in [-0.25, -0.2) is 9.97 Å². The number of benzene rings is 1. The van der Waals surface area contributed by atoms with Gasteiger partial charge in [0, 0.05) is 6.54 Å². The molecule has 0 aliphatic rings. The summed E-state index contributed by atoms with van der Waals surface area (Å²) in [4.78, 5) is 37.1. The zero-order valence-electron chi connectivity index (χ0n) is 18.8. The fraction of sp³-hybridized carbons (Fsp3) is 0.381. The largest absolute Gasteiger partial charge is 0.318 e. The molecule has 0 saturated heterocycles. The van der Waals surface area contributed by atoms with Crippen molar-refractivity contribution in [3.05, 3.63) is 64.5 Å². The Kier molecular flexibility index (Phi) is 5.65. The topological polar surface area (TPSA) is 144 Å². The Morgan fingerprint density at radius 3 is 1.82 bits per heavy atom. The average Bonchev–Trinajstić information content (AvgIpc) is 3.56. The minimum absolute atomic E-state index is 0.118. The summed E-state index contributed by atoms with van der Waals surface area (Å²) in [7, 11) is 0. The van der Waals surface area contributed by atoms with Crippen LogP contribution in [0.25, 0.3) is 21.8 Å². The highest BCUT2D eigenvalue weighted by atomic mass is 16.1. The molecule has 1 aromatic carbocycles. The fourth-order valence-corrected chi connectivity index (χ4v) is 4.13. The maximum absolute atomic E-state index is 13.3. The molecule has 5 rings (SSSR count). The van der Waals surface area contributed by atoms with E-state index in [1.165, 1.54) is 23.8 Å². The summed E-state index contributed by atoms with van der Waals surface area (Å²) < 4.78 is 5.02. The molecular formula is C21H23N11O2. The Labute approximate surface area is 192 Å². The number of rotatable bonds is 8. The molecule has 0 spiro atoms. The molecule has 0 aliphatic heterocycles. The first kappa shape index (κ1) is 21.6. The molecule has 0 fully saturated rings. The third-order valence-electron chi connectivity index (χ3n) is 6.07. The molecule has 0 radical (unpaired) electrons. The molecule has 0 N–H and O–H groups in total. The zero-order chi connectivity index (χ0) is 23.7. The highest BCUT2D eigenvalue weighted by molar-refractivity contribution is 5.93. The van der Waals surface area contributed by atoms with E-state index in [2.05, 4.69) is 35.6 Å². The van der Waals surface area contributed by atoms with Crippen LogP contribution in [-0.4, -0.2) is 54.1 Å². The van der Waals surface area contributed by atoms with Gasteiger partial charge >= 0.3 is 0 Å². The number of tetrazole rings is 1. The molecule has 4 heterocycles. The van der Waals surface area contributed by atoms with Crippen LogP contribution >= 0.6 is 0 Å². The number of aromatic nitrogens is 11. The number of fused-ring (bicyclic) bond motifs is 2. The van der Waals surface area contributed by atoms with Crippen molar-refractivity contribution >= 4 is 21.8 Å². The lowest BCUT2D eigenvalue weighted by atomic mass is 10.1. The molecule has 2 atom stereocenters. The van der Waals surface area contributed by atoms with Crippen LogP contribution in [-0.2, 0) is 13.1 Å². The number of hydrogen-bond acceptors (Lipinski definition) is 9. The van der Waals surface area contributed by atoms with Gasteiger partial charge in [0.1, 0.15) is 12.7 Å². The lowest BCUT2D eigenvalue weighted by molar-refractivity contribution is 0.357. The Bertz CT molecular complexity index is 1420. The van der Waals surface area contributed by atoms with Gasteiger partial charge in [-0.3, -0.25) is 18.7 Å². The van der Waals surface area contributed by atoms with E-state index in [4.69, 9.17) is 0 Å². The molecule has 0 amide bonds. The average molecular weight is 461 g/mol. The molecule has 0 bridgehead atoms. The van der Waals surface area contributed by atoms with Gasteiger partial charge in [0.15, 0.2) is 6.33 Å². The Balaban J connectivity index is 1.56. The van der Waals surface area contributed by atoms with E-state index < -0.39 is 0 Å². The second-order valence-corrected chi connectivity index (χ2v) is 8.07. The van der Waals surface area contributed by atoms with Crippen LogP contribution in [0.4, 0.5) is 0 Å². The second kappa shape index (κ2) is 8.92. The summed E-state index contributed by atoms with van der Waals surface area (Å²) in [6, 6.07) is 2.97. The fourth-order valence-electron chi connectivity index (χ4n) is 4.13. The third-order valence-corrected chi connectivity index (χ3v) is 6.07. The van der Waals surface area contributed by atoms with Crippen molar-refractivity contribution in [2.75, 3.05) is 0 Å². The van der Waals surface area contributed by atoms with Crippen LogP contribution < -0.4 is 11.1 Å². The van der Waals surface area contributed by atoms with Crippen LogP contribution in [0.5, 0.6) is 0 Å². The van der Waals surface area contributed by atoms with Crippen LogP contribution in [0.2, 0.25) is 0 Å². The van der Waals surface area contributed by atoms with Crippen molar-refractivity contribution in [2.45, 2.75) is 51.9 Å². The summed E-state index contributed by atoms with van der Waals surface area (Å²) in [5, 5.41) is 20.1. The van der Waals surface area contributed by atoms with Gasteiger partial charge in [-0.15, -0.1) is 20.4 Å². The minimum Gasteiger partial charge on any atom is -0.318 e. The highest BCUT2D eigenvalue weighted by Crippen LogP contribution is 2.19. The summed E-state index contributed by atoms with van der Waals surface area (Å²) >= 11 is 0. The molecule has 4 aromatic heterocycles. The number of hydrogen-bond donors (Lipinski definition) is 0. The predicted octanol–water partition coefficient (Wildman–Crippen LogP) is 0.987. The maximum atomic E-state index is 13.3. The van der Waals surface area contributed by atoms with Gasteiger partial charge in [-0.2, -0.15) is 4.80 Å². The highest BCUT2D eigenvalue weighted by Gasteiger charge is 2.18. The molecular weight excluding hydrogens is 438 g/mol. The molecule has 5 aromatic rings. The van der Waals surface area contributed by atoms with Crippen molar-refractivity contribution < 1.29 is 0 Å². The van der Waals surface area contributed by atoms with Crippen molar-refractivity contribution in [1.29, 1.82) is 0 Å². The predicted molar refractivity (Wildman–Crippen MR) is 122 cm³/mol. The first-order valence-corrected chi connectivity index (χ1v) is 11.0. The molecule has 0 aliphatic carbocycles.